The Labute approximate surface area is 87.8 Å². The van der Waals surface area contributed by atoms with E-state index >= 15 is 0 Å². The first-order valence-corrected chi connectivity index (χ1v) is 4.78. The Kier molecular flexibility index (Phi) is 2.69. The number of hydrogen-bond acceptors (Lipinski definition) is 3. The third-order valence-corrected chi connectivity index (χ3v) is 2.24. The molecule has 15 heavy (non-hydrogen) atoms. The van der Waals surface area contributed by atoms with Gasteiger partial charge in [-0.1, -0.05) is 12.1 Å². The number of nitrogens with zero attached hydrogens (tertiary/aromatic N) is 1. The molecule has 0 saturated carbocycles. The van der Waals surface area contributed by atoms with Crippen LogP contribution in [0.2, 0.25) is 0 Å². The molecule has 0 aliphatic rings. The lowest BCUT2D eigenvalue weighted by Gasteiger charge is -2.08. The minimum absolute atomic E-state index is 0.165. The van der Waals surface area contributed by atoms with E-state index in [1.165, 1.54) is 0 Å². The molecule has 0 bridgehead atoms. The number of aromatic hydroxyl groups is 1. The number of benzene rings is 1. The Morgan fingerprint density at radius 3 is 3.00 bits per heavy atom. The second-order valence-corrected chi connectivity index (χ2v) is 3.45. The lowest BCUT2D eigenvalue weighted by Crippen LogP contribution is -2.14. The van der Waals surface area contributed by atoms with Gasteiger partial charge in [0.25, 0.3) is 0 Å². The third-order valence-electron chi connectivity index (χ3n) is 2.24. The van der Waals surface area contributed by atoms with Gasteiger partial charge in [0.2, 0.25) is 0 Å². The molecule has 1 unspecified atom stereocenters. The van der Waals surface area contributed by atoms with Crippen molar-refractivity contribution in [2.75, 3.05) is 0 Å². The number of hydrogen-bond donors (Lipinski definition) is 3. The van der Waals surface area contributed by atoms with E-state index in [1.54, 1.807) is 30.6 Å². The zero-order valence-electron chi connectivity index (χ0n) is 8.22. The lowest BCUT2D eigenvalue weighted by molar-refractivity contribution is 0.474. The minimum Gasteiger partial charge on any atom is -0.508 e. The van der Waals surface area contributed by atoms with E-state index in [9.17, 15) is 5.11 Å². The summed E-state index contributed by atoms with van der Waals surface area (Å²) in [4.78, 5) is 7.06. The van der Waals surface area contributed by atoms with Gasteiger partial charge < -0.3 is 15.8 Å². The summed E-state index contributed by atoms with van der Waals surface area (Å²) in [6, 6.07) is 6.93. The molecule has 1 atom stereocenters. The number of aromatic nitrogens is 2. The molecule has 0 amide bonds. The van der Waals surface area contributed by atoms with Gasteiger partial charge in [0.1, 0.15) is 11.6 Å². The maximum atomic E-state index is 9.29. The van der Waals surface area contributed by atoms with Crippen molar-refractivity contribution in [1.82, 2.24) is 9.97 Å². The van der Waals surface area contributed by atoms with Crippen molar-refractivity contribution in [3.8, 4) is 5.75 Å². The fourth-order valence-electron chi connectivity index (χ4n) is 1.51. The van der Waals surface area contributed by atoms with Gasteiger partial charge in [0.15, 0.2) is 0 Å². The molecule has 0 saturated heterocycles. The molecule has 0 fully saturated rings. The molecule has 4 heteroatoms. The minimum atomic E-state index is -0.165. The Morgan fingerprint density at radius 1 is 1.47 bits per heavy atom. The van der Waals surface area contributed by atoms with Gasteiger partial charge in [-0.2, -0.15) is 0 Å². The smallest absolute Gasteiger partial charge is 0.123 e. The first-order valence-electron chi connectivity index (χ1n) is 4.78. The second kappa shape index (κ2) is 4.14. The highest BCUT2D eigenvalue weighted by atomic mass is 16.3. The number of H-pyrrole nitrogens is 1. The van der Waals surface area contributed by atoms with Crippen molar-refractivity contribution < 1.29 is 5.11 Å². The molecule has 0 aliphatic heterocycles. The molecule has 78 valence electrons. The summed E-state index contributed by atoms with van der Waals surface area (Å²) < 4.78 is 0. The molecular weight excluding hydrogens is 190 g/mol. The molecule has 1 aromatic heterocycles. The number of rotatable bonds is 3. The van der Waals surface area contributed by atoms with E-state index in [0.29, 0.717) is 6.42 Å². The number of nitrogens with one attached hydrogen (secondary N) is 1. The molecule has 0 radical (unpaired) electrons. The maximum absolute atomic E-state index is 9.29. The van der Waals surface area contributed by atoms with E-state index in [4.69, 9.17) is 5.73 Å². The zero-order chi connectivity index (χ0) is 10.7. The third kappa shape index (κ3) is 2.35. The molecule has 0 spiro atoms. The van der Waals surface area contributed by atoms with Crippen molar-refractivity contribution in [2.45, 2.75) is 12.5 Å². The van der Waals surface area contributed by atoms with Gasteiger partial charge in [0, 0.05) is 12.4 Å². The van der Waals surface area contributed by atoms with Crippen LogP contribution in [0.25, 0.3) is 0 Å². The Morgan fingerprint density at radius 2 is 2.33 bits per heavy atom. The van der Waals surface area contributed by atoms with E-state index < -0.39 is 0 Å². The normalized spacial score (nSPS) is 12.6. The van der Waals surface area contributed by atoms with Crippen molar-refractivity contribution in [1.29, 1.82) is 0 Å². The largest absolute Gasteiger partial charge is 0.508 e. The lowest BCUT2D eigenvalue weighted by atomic mass is 10.1. The first-order chi connectivity index (χ1) is 7.25. The quantitative estimate of drug-likeness (QED) is 0.705. The van der Waals surface area contributed by atoms with Crippen molar-refractivity contribution in [3.63, 3.8) is 0 Å². The van der Waals surface area contributed by atoms with Crippen molar-refractivity contribution >= 4 is 0 Å². The summed E-state index contributed by atoms with van der Waals surface area (Å²) in [5.41, 5.74) is 6.95. The van der Waals surface area contributed by atoms with Crippen molar-refractivity contribution in [3.05, 3.63) is 48.0 Å². The summed E-state index contributed by atoms with van der Waals surface area (Å²) in [6.45, 7) is 0. The number of aromatic amines is 1. The number of phenolic OH excluding ortho intramolecular Hbond substituents is 1. The Hall–Kier alpha value is -1.81. The van der Waals surface area contributed by atoms with Crippen LogP contribution in [0.4, 0.5) is 0 Å². The van der Waals surface area contributed by atoms with Crippen LogP contribution in [0.3, 0.4) is 0 Å². The maximum Gasteiger partial charge on any atom is 0.123 e. The van der Waals surface area contributed by atoms with E-state index in [2.05, 4.69) is 9.97 Å². The van der Waals surface area contributed by atoms with Crippen LogP contribution in [0.15, 0.2) is 36.7 Å². The number of phenols is 1. The van der Waals surface area contributed by atoms with Crippen LogP contribution < -0.4 is 5.73 Å². The molecule has 0 aliphatic carbocycles. The van der Waals surface area contributed by atoms with E-state index in [-0.39, 0.29) is 11.8 Å². The zero-order valence-corrected chi connectivity index (χ0v) is 8.22. The monoisotopic (exact) mass is 203 g/mol. The Bertz CT molecular complexity index is 425. The Balaban J connectivity index is 2.09. The van der Waals surface area contributed by atoms with E-state index in [0.717, 1.165) is 11.4 Å². The van der Waals surface area contributed by atoms with Gasteiger partial charge in [-0.3, -0.25) is 0 Å². The number of nitrogens with two attached hydrogens (primary N) is 1. The van der Waals surface area contributed by atoms with Gasteiger partial charge in [-0.15, -0.1) is 0 Å². The average molecular weight is 203 g/mol. The molecule has 4 N–H and O–H groups in total. The van der Waals surface area contributed by atoms with Crippen LogP contribution in [0.5, 0.6) is 5.75 Å². The predicted molar refractivity (Wildman–Crippen MR) is 57.3 cm³/mol. The summed E-state index contributed by atoms with van der Waals surface area (Å²) in [7, 11) is 0. The molecule has 2 aromatic rings. The highest BCUT2D eigenvalue weighted by Crippen LogP contribution is 2.16. The summed E-state index contributed by atoms with van der Waals surface area (Å²) >= 11 is 0. The topological polar surface area (TPSA) is 74.9 Å². The number of imidazole rings is 1. The van der Waals surface area contributed by atoms with Crippen LogP contribution in [-0.2, 0) is 6.42 Å². The van der Waals surface area contributed by atoms with Crippen molar-refractivity contribution in [2.24, 2.45) is 5.73 Å². The fraction of sp³-hybridized carbons (Fsp3) is 0.182. The van der Waals surface area contributed by atoms with E-state index in [1.807, 2.05) is 6.07 Å². The molecule has 1 heterocycles. The van der Waals surface area contributed by atoms with Crippen LogP contribution in [-0.4, -0.2) is 15.1 Å². The van der Waals surface area contributed by atoms with Crippen LogP contribution >= 0.6 is 0 Å². The summed E-state index contributed by atoms with van der Waals surface area (Å²) in [6.07, 6.45) is 4.08. The van der Waals surface area contributed by atoms with Gasteiger partial charge in [-0.25, -0.2) is 4.98 Å². The average Bonchev–Trinajstić information content (AvgIpc) is 2.70. The summed E-state index contributed by atoms with van der Waals surface area (Å²) in [5, 5.41) is 9.29. The highest BCUT2D eigenvalue weighted by Gasteiger charge is 2.09. The van der Waals surface area contributed by atoms with Gasteiger partial charge in [0.05, 0.1) is 6.04 Å². The first kappa shape index (κ1) is 9.73. The molecule has 2 rings (SSSR count). The molecule has 1 aromatic carbocycles. The summed E-state index contributed by atoms with van der Waals surface area (Å²) in [5.74, 6) is 1.03. The second-order valence-electron chi connectivity index (χ2n) is 3.45. The highest BCUT2D eigenvalue weighted by molar-refractivity contribution is 5.28. The van der Waals surface area contributed by atoms with Crippen LogP contribution in [0.1, 0.15) is 17.4 Å². The van der Waals surface area contributed by atoms with Gasteiger partial charge >= 0.3 is 0 Å². The SMILES string of the molecule is NC(Cc1cccc(O)c1)c1ncc[nH]1. The standard InChI is InChI=1S/C11H13N3O/c12-10(11-13-4-5-14-11)7-8-2-1-3-9(15)6-8/h1-6,10,15H,7,12H2,(H,13,14). The molecule has 4 nitrogen and oxygen atoms in total. The van der Waals surface area contributed by atoms with Crippen LogP contribution in [0, 0.1) is 0 Å². The predicted octanol–water partition coefficient (Wildman–Crippen LogP) is 1.36. The molecular formula is C11H13N3O. The van der Waals surface area contributed by atoms with Gasteiger partial charge in [-0.05, 0) is 24.1 Å². The fourth-order valence-corrected chi connectivity index (χ4v) is 1.51.